The Morgan fingerprint density at radius 3 is 2.89 bits per heavy atom. The third kappa shape index (κ3) is 5.84. The molecule has 0 saturated carbocycles. The molecule has 0 bridgehead atoms. The van der Waals surface area contributed by atoms with E-state index >= 15 is 4.39 Å². The van der Waals surface area contributed by atoms with Crippen LogP contribution in [0, 0.1) is 23.6 Å². The molecule has 180 valence electrons. The van der Waals surface area contributed by atoms with Crippen molar-refractivity contribution >= 4 is 23.2 Å². The number of hydrogen-bond acceptors (Lipinski definition) is 6. The maximum absolute atomic E-state index is 15.2. The Balaban J connectivity index is 1.53. The summed E-state index contributed by atoms with van der Waals surface area (Å²) in [6, 6.07) is 12.0. The van der Waals surface area contributed by atoms with E-state index in [2.05, 4.69) is 22.1 Å². The number of halogens is 1. The fourth-order valence-electron chi connectivity index (χ4n) is 4.40. The number of fused-ring (bicyclic) bond motifs is 1. The second kappa shape index (κ2) is 11.6. The molecule has 1 aliphatic heterocycles. The van der Waals surface area contributed by atoms with E-state index in [-0.39, 0.29) is 24.9 Å². The first-order chi connectivity index (χ1) is 17.1. The molecule has 1 fully saturated rings. The lowest BCUT2D eigenvalue weighted by molar-refractivity contribution is -0.147. The Morgan fingerprint density at radius 2 is 2.14 bits per heavy atom. The first kappa shape index (κ1) is 24.4. The highest BCUT2D eigenvalue weighted by Crippen LogP contribution is 2.35. The highest BCUT2D eigenvalue weighted by Gasteiger charge is 2.22. The van der Waals surface area contributed by atoms with Crippen LogP contribution in [0.3, 0.4) is 0 Å². The molecule has 6 nitrogen and oxygen atoms in total. The van der Waals surface area contributed by atoms with Gasteiger partial charge in [-0.25, -0.2) is 4.39 Å². The van der Waals surface area contributed by atoms with Gasteiger partial charge in [0.05, 0.1) is 18.5 Å². The van der Waals surface area contributed by atoms with Gasteiger partial charge in [0.1, 0.15) is 17.9 Å². The van der Waals surface area contributed by atoms with Crippen molar-refractivity contribution in [2.24, 2.45) is 5.92 Å². The van der Waals surface area contributed by atoms with Crippen molar-refractivity contribution in [1.29, 1.82) is 0 Å². The summed E-state index contributed by atoms with van der Waals surface area (Å²) in [4.78, 5) is 28.0. The average Bonchev–Trinajstić information content (AvgIpc) is 2.90. The van der Waals surface area contributed by atoms with Gasteiger partial charge in [-0.1, -0.05) is 17.9 Å². The molecule has 0 amide bonds. The lowest BCUT2D eigenvalue weighted by atomic mass is 9.86. The van der Waals surface area contributed by atoms with Crippen LogP contribution in [0.2, 0.25) is 0 Å². The molecule has 4 rings (SSSR count). The molecule has 1 unspecified atom stereocenters. The minimum atomic E-state index is -0.489. The zero-order chi connectivity index (χ0) is 24.6. The van der Waals surface area contributed by atoms with Gasteiger partial charge in [-0.05, 0) is 66.9 Å². The summed E-state index contributed by atoms with van der Waals surface area (Å²) in [6.45, 7) is 1.50. The molecule has 1 N–H and O–H groups in total. The predicted octanol–water partition coefficient (Wildman–Crippen LogP) is 4.00. The van der Waals surface area contributed by atoms with Crippen molar-refractivity contribution in [1.82, 2.24) is 10.3 Å². The van der Waals surface area contributed by atoms with Crippen LogP contribution in [0.25, 0.3) is 10.9 Å². The van der Waals surface area contributed by atoms with Crippen LogP contribution >= 0.6 is 0 Å². The van der Waals surface area contributed by atoms with Crippen LogP contribution in [0.4, 0.5) is 4.39 Å². The molecule has 1 aliphatic rings. The SMILES string of the molecule is COc1ccc2nccc(C(CC=O)c3ccc(C#CCOC(=O)[C@@H]4CCCNC4)cc3F)c2c1. The van der Waals surface area contributed by atoms with Gasteiger partial charge < -0.3 is 19.6 Å². The first-order valence-electron chi connectivity index (χ1n) is 11.6. The quantitative estimate of drug-likeness (QED) is 0.317. The molecule has 2 atom stereocenters. The number of aldehydes is 1. The van der Waals surface area contributed by atoms with E-state index in [9.17, 15) is 9.59 Å². The van der Waals surface area contributed by atoms with Crippen molar-refractivity contribution in [3.63, 3.8) is 0 Å². The number of aromatic nitrogens is 1. The molecule has 2 aromatic carbocycles. The van der Waals surface area contributed by atoms with Gasteiger partial charge in [0.15, 0.2) is 6.61 Å². The highest BCUT2D eigenvalue weighted by atomic mass is 19.1. The summed E-state index contributed by atoms with van der Waals surface area (Å²) in [5, 5.41) is 3.98. The molecule has 1 saturated heterocycles. The Labute approximate surface area is 203 Å². The summed E-state index contributed by atoms with van der Waals surface area (Å²) in [5.41, 5.74) is 2.39. The third-order valence-electron chi connectivity index (χ3n) is 6.22. The molecule has 0 radical (unpaired) electrons. The number of piperidine rings is 1. The second-order valence-corrected chi connectivity index (χ2v) is 8.43. The summed E-state index contributed by atoms with van der Waals surface area (Å²) in [7, 11) is 1.58. The van der Waals surface area contributed by atoms with Crippen LogP contribution in [0.1, 0.15) is 41.9 Å². The normalized spacial score (nSPS) is 16.1. The fraction of sp³-hybridized carbons (Fsp3) is 0.321. The van der Waals surface area contributed by atoms with E-state index in [1.165, 1.54) is 6.07 Å². The molecular formula is C28H27FN2O4. The van der Waals surface area contributed by atoms with E-state index in [1.54, 1.807) is 31.5 Å². The number of esters is 1. The second-order valence-electron chi connectivity index (χ2n) is 8.43. The van der Waals surface area contributed by atoms with E-state index in [1.807, 2.05) is 18.2 Å². The summed E-state index contributed by atoms with van der Waals surface area (Å²) < 4.78 is 25.8. The molecule has 3 aromatic rings. The number of carbonyl (C=O) groups excluding carboxylic acids is 2. The van der Waals surface area contributed by atoms with Gasteiger partial charge in [-0.15, -0.1) is 0 Å². The number of rotatable bonds is 7. The molecule has 0 spiro atoms. The number of carbonyl (C=O) groups is 2. The molecule has 0 aliphatic carbocycles. The number of nitrogens with one attached hydrogen (secondary N) is 1. The fourth-order valence-corrected chi connectivity index (χ4v) is 4.40. The van der Waals surface area contributed by atoms with Crippen molar-refractivity contribution in [3.8, 4) is 17.6 Å². The summed E-state index contributed by atoms with van der Waals surface area (Å²) in [5.74, 6) is 4.94. The average molecular weight is 475 g/mol. The van der Waals surface area contributed by atoms with Crippen molar-refractivity contribution in [2.75, 3.05) is 26.8 Å². The van der Waals surface area contributed by atoms with Crippen LogP contribution in [0.15, 0.2) is 48.7 Å². The molecule has 2 heterocycles. The van der Waals surface area contributed by atoms with E-state index in [0.717, 1.165) is 42.1 Å². The van der Waals surface area contributed by atoms with Crippen LogP contribution in [0.5, 0.6) is 5.75 Å². The summed E-state index contributed by atoms with van der Waals surface area (Å²) >= 11 is 0. The smallest absolute Gasteiger partial charge is 0.311 e. The molecule has 35 heavy (non-hydrogen) atoms. The molecule has 7 heteroatoms. The van der Waals surface area contributed by atoms with Gasteiger partial charge in [-0.2, -0.15) is 0 Å². The Kier molecular flexibility index (Phi) is 8.07. The van der Waals surface area contributed by atoms with E-state index < -0.39 is 11.7 Å². The van der Waals surface area contributed by atoms with Gasteiger partial charge in [0, 0.05) is 36.0 Å². The first-order valence-corrected chi connectivity index (χ1v) is 11.6. The number of ether oxygens (including phenoxy) is 2. The predicted molar refractivity (Wildman–Crippen MR) is 131 cm³/mol. The number of pyridine rings is 1. The molecular weight excluding hydrogens is 447 g/mol. The van der Waals surface area contributed by atoms with Gasteiger partial charge in [0.25, 0.3) is 0 Å². The Morgan fingerprint density at radius 1 is 1.26 bits per heavy atom. The zero-order valence-corrected chi connectivity index (χ0v) is 19.6. The molecule has 1 aromatic heterocycles. The van der Waals surface area contributed by atoms with E-state index in [0.29, 0.717) is 23.4 Å². The van der Waals surface area contributed by atoms with E-state index in [4.69, 9.17) is 9.47 Å². The maximum atomic E-state index is 15.2. The maximum Gasteiger partial charge on any atom is 0.311 e. The topological polar surface area (TPSA) is 77.5 Å². The largest absolute Gasteiger partial charge is 0.497 e. The summed E-state index contributed by atoms with van der Waals surface area (Å²) in [6.07, 6.45) is 4.33. The van der Waals surface area contributed by atoms with Crippen LogP contribution < -0.4 is 10.1 Å². The number of nitrogens with zero attached hydrogens (tertiary/aromatic N) is 1. The lowest BCUT2D eigenvalue weighted by Crippen LogP contribution is -2.35. The third-order valence-corrected chi connectivity index (χ3v) is 6.22. The number of hydrogen-bond donors (Lipinski definition) is 1. The van der Waals surface area contributed by atoms with Gasteiger partial charge in [-0.3, -0.25) is 9.78 Å². The van der Waals surface area contributed by atoms with Gasteiger partial charge >= 0.3 is 5.97 Å². The lowest BCUT2D eigenvalue weighted by Gasteiger charge is -2.20. The minimum absolute atomic E-state index is 0.0443. The minimum Gasteiger partial charge on any atom is -0.497 e. The van der Waals surface area contributed by atoms with Crippen LogP contribution in [-0.2, 0) is 14.3 Å². The van der Waals surface area contributed by atoms with Crippen molar-refractivity contribution in [3.05, 3.63) is 71.2 Å². The van der Waals surface area contributed by atoms with Crippen molar-refractivity contribution < 1.29 is 23.5 Å². The number of methoxy groups -OCH3 is 1. The Hall–Kier alpha value is -3.76. The van der Waals surface area contributed by atoms with Gasteiger partial charge in [0.2, 0.25) is 0 Å². The van der Waals surface area contributed by atoms with Crippen LogP contribution in [-0.4, -0.2) is 44.0 Å². The van der Waals surface area contributed by atoms with Crippen molar-refractivity contribution in [2.45, 2.75) is 25.2 Å². The monoisotopic (exact) mass is 474 g/mol. The standard InChI is InChI=1S/C28H27FN2O4/c1-34-21-7-9-27-25(17-21)22(10-13-31-27)23(11-14-32)24-8-6-19(16-26(24)29)4-3-15-35-28(33)20-5-2-12-30-18-20/h6-10,13-14,16-17,20,23,30H,2,5,11-12,15,18H2,1H3/t20-,23?/m1/s1. The highest BCUT2D eigenvalue weighted by molar-refractivity contribution is 5.85. The Bertz CT molecular complexity index is 1270. The zero-order valence-electron chi connectivity index (χ0n) is 19.6. The number of benzene rings is 2.